The first-order chi connectivity index (χ1) is 8.08. The zero-order valence-electron chi connectivity index (χ0n) is 9.81. The number of phenols is 1. The molecule has 4 N–H and O–H groups in total. The second kappa shape index (κ2) is 3.47. The van der Waals surface area contributed by atoms with Crippen LogP contribution in [0.15, 0.2) is 24.3 Å². The first kappa shape index (κ1) is 10.6. The van der Waals surface area contributed by atoms with Gasteiger partial charge in [-0.05, 0) is 12.1 Å². The van der Waals surface area contributed by atoms with E-state index in [1.54, 1.807) is 6.07 Å². The van der Waals surface area contributed by atoms with Crippen LogP contribution < -0.4 is 10.6 Å². The van der Waals surface area contributed by atoms with E-state index in [0.717, 1.165) is 12.0 Å². The van der Waals surface area contributed by atoms with Crippen LogP contribution >= 0.6 is 0 Å². The second-order valence-corrected chi connectivity index (χ2v) is 5.44. The normalized spacial score (nSPS) is 35.7. The zero-order valence-corrected chi connectivity index (χ0v) is 9.81. The molecule has 0 aliphatic carbocycles. The van der Waals surface area contributed by atoms with E-state index in [4.69, 9.17) is 0 Å². The van der Waals surface area contributed by atoms with E-state index >= 15 is 0 Å². The fourth-order valence-corrected chi connectivity index (χ4v) is 3.17. The maximum Gasteiger partial charge on any atom is 0.225 e. The molecule has 2 saturated heterocycles. The molecule has 0 radical (unpaired) electrons. The molecule has 90 valence electrons. The van der Waals surface area contributed by atoms with Gasteiger partial charge in [-0.2, -0.15) is 0 Å². The highest BCUT2D eigenvalue weighted by Crippen LogP contribution is 2.42. The molecule has 2 aliphatic rings. The van der Waals surface area contributed by atoms with E-state index in [1.165, 1.54) is 0 Å². The summed E-state index contributed by atoms with van der Waals surface area (Å²) in [6, 6.07) is 7.70. The van der Waals surface area contributed by atoms with Gasteiger partial charge in [0.25, 0.3) is 0 Å². The van der Waals surface area contributed by atoms with Crippen molar-refractivity contribution in [2.75, 3.05) is 0 Å². The number of rotatable bonds is 1. The number of fused-ring (bicyclic) bond motifs is 1. The van der Waals surface area contributed by atoms with E-state index in [1.807, 2.05) is 18.2 Å². The lowest BCUT2D eigenvalue weighted by atomic mass is 9.83. The number of amides is 1. The largest absolute Gasteiger partial charge is 0.507 e. The third-order valence-electron chi connectivity index (χ3n) is 4.08. The lowest BCUT2D eigenvalue weighted by Crippen LogP contribution is -2.91. The highest BCUT2D eigenvalue weighted by molar-refractivity contribution is 5.79. The number of benzene rings is 1. The Kier molecular flexibility index (Phi) is 2.16. The Labute approximate surface area is 100 Å². The van der Waals surface area contributed by atoms with Gasteiger partial charge >= 0.3 is 0 Å². The number of quaternary nitrogens is 1. The lowest BCUT2D eigenvalue weighted by Gasteiger charge is -2.15. The number of carbonyl (C=O) groups is 1. The minimum absolute atomic E-state index is 0.0179. The predicted octanol–water partition coefficient (Wildman–Crippen LogP) is 0.253. The average molecular weight is 233 g/mol. The van der Waals surface area contributed by atoms with Gasteiger partial charge in [0.2, 0.25) is 5.91 Å². The summed E-state index contributed by atoms with van der Waals surface area (Å²) in [6.07, 6.45) is 1.67. The van der Waals surface area contributed by atoms with Crippen LogP contribution in [0.3, 0.4) is 0 Å². The van der Waals surface area contributed by atoms with Gasteiger partial charge in [-0.15, -0.1) is 0 Å². The number of hydrogen-bond acceptors (Lipinski definition) is 2. The number of aromatic hydroxyl groups is 1. The van der Waals surface area contributed by atoms with Gasteiger partial charge in [0, 0.05) is 12.8 Å². The molecule has 1 aromatic rings. The SMILES string of the molecule is C[C@]12CC(=O)N[C@H]1[NH2+][C@@H](c1ccccc1O)C2. The minimum atomic E-state index is 0.0179. The molecule has 2 fully saturated rings. The molecular formula is C13H17N2O2+. The molecule has 0 aromatic heterocycles. The minimum Gasteiger partial charge on any atom is -0.507 e. The van der Waals surface area contributed by atoms with Crippen LogP contribution in [0.2, 0.25) is 0 Å². The first-order valence-corrected chi connectivity index (χ1v) is 6.01. The molecule has 1 aromatic carbocycles. The summed E-state index contributed by atoms with van der Waals surface area (Å²) in [5, 5.41) is 15.0. The standard InChI is InChI=1S/C13H16N2O2/c1-13-6-9(8-4-2-3-5-10(8)16)14-12(13)15-11(17)7-13/h2-5,9,12,14,16H,6-7H2,1H3,(H,15,17)/p+1/t9-,12-,13+/m1/s1. The fraction of sp³-hybridized carbons (Fsp3) is 0.462. The van der Waals surface area contributed by atoms with Crippen molar-refractivity contribution < 1.29 is 15.2 Å². The summed E-state index contributed by atoms with van der Waals surface area (Å²) in [4.78, 5) is 11.4. The molecule has 0 saturated carbocycles. The Balaban J connectivity index is 1.87. The number of para-hydroxylation sites is 1. The molecule has 3 rings (SSSR count). The van der Waals surface area contributed by atoms with Gasteiger partial charge in [-0.25, -0.2) is 0 Å². The summed E-state index contributed by atoms with van der Waals surface area (Å²) >= 11 is 0. The average Bonchev–Trinajstić information content (AvgIpc) is 2.68. The smallest absolute Gasteiger partial charge is 0.225 e. The van der Waals surface area contributed by atoms with Crippen molar-refractivity contribution >= 4 is 5.91 Å². The molecule has 0 bridgehead atoms. The number of phenolic OH excluding ortho intramolecular Hbond substituents is 1. The number of nitrogens with two attached hydrogens (primary N) is 1. The molecule has 4 heteroatoms. The Morgan fingerprint density at radius 2 is 2.24 bits per heavy atom. The first-order valence-electron chi connectivity index (χ1n) is 6.01. The molecular weight excluding hydrogens is 216 g/mol. The molecule has 2 aliphatic heterocycles. The number of hydrogen-bond donors (Lipinski definition) is 3. The molecule has 4 nitrogen and oxygen atoms in total. The Bertz CT molecular complexity index is 474. The van der Waals surface area contributed by atoms with Crippen LogP contribution in [0.1, 0.15) is 31.4 Å². The maximum absolute atomic E-state index is 11.4. The fourth-order valence-electron chi connectivity index (χ4n) is 3.17. The van der Waals surface area contributed by atoms with E-state index in [-0.39, 0.29) is 23.5 Å². The van der Waals surface area contributed by atoms with Gasteiger partial charge in [0.15, 0.2) is 6.17 Å². The second-order valence-electron chi connectivity index (χ2n) is 5.44. The van der Waals surface area contributed by atoms with Gasteiger partial charge < -0.3 is 15.7 Å². The summed E-state index contributed by atoms with van der Waals surface area (Å²) in [7, 11) is 0. The third kappa shape index (κ3) is 1.60. The van der Waals surface area contributed by atoms with Crippen molar-refractivity contribution in [3.63, 3.8) is 0 Å². The van der Waals surface area contributed by atoms with Crippen LogP contribution in [0, 0.1) is 5.41 Å². The highest BCUT2D eigenvalue weighted by atomic mass is 16.3. The van der Waals surface area contributed by atoms with Crippen molar-refractivity contribution in [3.8, 4) is 5.75 Å². The summed E-state index contributed by atoms with van der Waals surface area (Å²) in [6.45, 7) is 2.14. The quantitative estimate of drug-likeness (QED) is 0.651. The highest BCUT2D eigenvalue weighted by Gasteiger charge is 2.54. The van der Waals surface area contributed by atoms with E-state index in [2.05, 4.69) is 17.6 Å². The Morgan fingerprint density at radius 3 is 2.94 bits per heavy atom. The third-order valence-corrected chi connectivity index (χ3v) is 4.08. The maximum atomic E-state index is 11.4. The molecule has 0 unspecified atom stereocenters. The van der Waals surface area contributed by atoms with Crippen LogP contribution in [0.25, 0.3) is 0 Å². The topological polar surface area (TPSA) is 65.9 Å². The Hall–Kier alpha value is -1.55. The Morgan fingerprint density at radius 1 is 1.47 bits per heavy atom. The molecule has 1 amide bonds. The lowest BCUT2D eigenvalue weighted by molar-refractivity contribution is -0.714. The zero-order chi connectivity index (χ0) is 12.0. The van der Waals surface area contributed by atoms with Crippen LogP contribution in [0.4, 0.5) is 0 Å². The van der Waals surface area contributed by atoms with Crippen molar-refractivity contribution in [1.82, 2.24) is 5.32 Å². The monoisotopic (exact) mass is 233 g/mol. The number of nitrogens with one attached hydrogen (secondary N) is 1. The van der Waals surface area contributed by atoms with Crippen LogP contribution in [-0.2, 0) is 4.79 Å². The van der Waals surface area contributed by atoms with Gasteiger partial charge in [0.05, 0.1) is 11.0 Å². The van der Waals surface area contributed by atoms with E-state index in [0.29, 0.717) is 12.2 Å². The molecule has 2 heterocycles. The van der Waals surface area contributed by atoms with Crippen molar-refractivity contribution in [3.05, 3.63) is 29.8 Å². The van der Waals surface area contributed by atoms with Gasteiger partial charge in [-0.1, -0.05) is 19.1 Å². The van der Waals surface area contributed by atoms with Crippen molar-refractivity contribution in [2.45, 2.75) is 32.0 Å². The molecule has 17 heavy (non-hydrogen) atoms. The molecule has 0 spiro atoms. The summed E-state index contributed by atoms with van der Waals surface area (Å²) in [5.74, 6) is 0.494. The van der Waals surface area contributed by atoms with E-state index < -0.39 is 0 Å². The predicted molar refractivity (Wildman–Crippen MR) is 62.0 cm³/mol. The number of carbonyl (C=O) groups excluding carboxylic acids is 1. The van der Waals surface area contributed by atoms with E-state index in [9.17, 15) is 9.90 Å². The molecule has 3 atom stereocenters. The van der Waals surface area contributed by atoms with Crippen molar-refractivity contribution in [1.29, 1.82) is 0 Å². The summed E-state index contributed by atoms with van der Waals surface area (Å²) in [5.41, 5.74) is 0.988. The van der Waals surface area contributed by atoms with Gasteiger partial charge in [0.1, 0.15) is 11.8 Å². The van der Waals surface area contributed by atoms with Gasteiger partial charge in [-0.3, -0.25) is 4.79 Å². The van der Waals surface area contributed by atoms with Crippen molar-refractivity contribution in [2.24, 2.45) is 5.41 Å². The van der Waals surface area contributed by atoms with Crippen LogP contribution in [-0.4, -0.2) is 17.2 Å². The summed E-state index contributed by atoms with van der Waals surface area (Å²) < 4.78 is 0. The van der Waals surface area contributed by atoms with Crippen LogP contribution in [0.5, 0.6) is 5.75 Å².